The number of benzene rings is 1. The Hall–Kier alpha value is -3.22. The molecule has 0 spiro atoms. The minimum atomic E-state index is -0.106. The highest BCUT2D eigenvalue weighted by molar-refractivity contribution is 5.79. The van der Waals surface area contributed by atoms with E-state index in [4.69, 9.17) is 5.73 Å². The standard InChI is InChI=1S/C21H24N6O/c1-13-5-3-7-16(9-13)20-17-12-27(14(2)19(17)25-21(22)26-20)18(28)8-4-6-15-10-23-24-11-15/h3,5,7,9-11,14H,4,6,8,12H2,1-2H3,(H,23,24)(H2,22,25,26)/t14-/m1/s1. The lowest BCUT2D eigenvalue weighted by atomic mass is 10.0. The maximum absolute atomic E-state index is 12.9. The first-order chi connectivity index (χ1) is 13.5. The number of H-pyrrole nitrogens is 1. The van der Waals surface area contributed by atoms with Crippen molar-refractivity contribution in [2.45, 2.75) is 45.7 Å². The number of anilines is 1. The number of nitrogens with one attached hydrogen (secondary N) is 1. The first-order valence-electron chi connectivity index (χ1n) is 9.53. The quantitative estimate of drug-likeness (QED) is 0.712. The smallest absolute Gasteiger partial charge is 0.223 e. The molecule has 0 radical (unpaired) electrons. The molecule has 1 aliphatic heterocycles. The Kier molecular flexibility index (Phi) is 4.81. The molecule has 7 heteroatoms. The molecule has 144 valence electrons. The van der Waals surface area contributed by atoms with Crippen LogP contribution >= 0.6 is 0 Å². The van der Waals surface area contributed by atoms with E-state index in [0.29, 0.717) is 13.0 Å². The van der Waals surface area contributed by atoms with E-state index in [0.717, 1.165) is 46.5 Å². The first-order valence-corrected chi connectivity index (χ1v) is 9.53. The molecule has 2 aromatic heterocycles. The molecule has 4 rings (SSSR count). The number of hydrogen-bond acceptors (Lipinski definition) is 5. The van der Waals surface area contributed by atoms with Gasteiger partial charge < -0.3 is 10.6 Å². The summed E-state index contributed by atoms with van der Waals surface area (Å²) in [6.07, 6.45) is 5.78. The van der Waals surface area contributed by atoms with Crippen molar-refractivity contribution in [1.29, 1.82) is 0 Å². The highest BCUT2D eigenvalue weighted by atomic mass is 16.2. The highest BCUT2D eigenvalue weighted by Crippen LogP contribution is 2.38. The molecular weight excluding hydrogens is 352 g/mol. The van der Waals surface area contributed by atoms with Crippen LogP contribution in [-0.4, -0.2) is 31.0 Å². The molecule has 1 atom stereocenters. The molecule has 1 aromatic carbocycles. The van der Waals surface area contributed by atoms with E-state index in [-0.39, 0.29) is 17.9 Å². The molecule has 0 unspecified atom stereocenters. The fraction of sp³-hybridized carbons (Fsp3) is 0.333. The van der Waals surface area contributed by atoms with Crippen molar-refractivity contribution in [3.63, 3.8) is 0 Å². The molecule has 28 heavy (non-hydrogen) atoms. The van der Waals surface area contributed by atoms with Crippen LogP contribution in [0.1, 0.15) is 48.2 Å². The maximum atomic E-state index is 12.9. The number of carbonyl (C=O) groups excluding carboxylic acids is 1. The van der Waals surface area contributed by atoms with Crippen molar-refractivity contribution in [3.8, 4) is 11.3 Å². The van der Waals surface area contributed by atoms with E-state index < -0.39 is 0 Å². The van der Waals surface area contributed by atoms with E-state index in [1.807, 2.05) is 43.1 Å². The Balaban J connectivity index is 1.55. The number of nitrogen functional groups attached to an aromatic ring is 1. The van der Waals surface area contributed by atoms with Gasteiger partial charge in [0.25, 0.3) is 0 Å². The number of aromatic nitrogens is 4. The molecule has 0 aliphatic carbocycles. The Labute approximate surface area is 164 Å². The van der Waals surface area contributed by atoms with Gasteiger partial charge in [-0.2, -0.15) is 5.10 Å². The van der Waals surface area contributed by atoms with E-state index in [9.17, 15) is 4.79 Å². The van der Waals surface area contributed by atoms with Crippen LogP contribution < -0.4 is 5.73 Å². The van der Waals surface area contributed by atoms with Gasteiger partial charge in [0.1, 0.15) is 0 Å². The summed E-state index contributed by atoms with van der Waals surface area (Å²) in [6.45, 7) is 4.57. The number of aryl methyl sites for hydroxylation is 2. The molecule has 3 N–H and O–H groups in total. The second-order valence-corrected chi connectivity index (χ2v) is 7.32. The zero-order valence-electron chi connectivity index (χ0n) is 16.1. The van der Waals surface area contributed by atoms with E-state index in [2.05, 4.69) is 26.2 Å². The average molecular weight is 376 g/mol. The van der Waals surface area contributed by atoms with Gasteiger partial charge in [-0.05, 0) is 38.3 Å². The van der Waals surface area contributed by atoms with Crippen molar-refractivity contribution < 1.29 is 4.79 Å². The lowest BCUT2D eigenvalue weighted by Crippen LogP contribution is -2.28. The summed E-state index contributed by atoms with van der Waals surface area (Å²) in [7, 11) is 0. The van der Waals surface area contributed by atoms with Gasteiger partial charge in [0.05, 0.1) is 30.2 Å². The third-order valence-electron chi connectivity index (χ3n) is 5.27. The van der Waals surface area contributed by atoms with Crippen LogP contribution in [0.3, 0.4) is 0 Å². The van der Waals surface area contributed by atoms with Crippen LogP contribution in [0.4, 0.5) is 5.95 Å². The molecule has 3 heterocycles. The normalized spacial score (nSPS) is 15.6. The van der Waals surface area contributed by atoms with Crippen molar-refractivity contribution >= 4 is 11.9 Å². The third kappa shape index (κ3) is 3.47. The summed E-state index contributed by atoms with van der Waals surface area (Å²) in [5, 5.41) is 6.74. The SMILES string of the molecule is Cc1cccc(-c2nc(N)nc3c2CN(C(=O)CCCc2cn[nH]c2)[C@@H]3C)c1. The zero-order chi connectivity index (χ0) is 19.7. The number of aromatic amines is 1. The van der Waals surface area contributed by atoms with Gasteiger partial charge in [-0.1, -0.05) is 23.8 Å². The molecular formula is C21H24N6O. The predicted molar refractivity (Wildman–Crippen MR) is 107 cm³/mol. The summed E-state index contributed by atoms with van der Waals surface area (Å²) >= 11 is 0. The third-order valence-corrected chi connectivity index (χ3v) is 5.27. The number of amides is 1. The fourth-order valence-corrected chi connectivity index (χ4v) is 3.81. The zero-order valence-corrected chi connectivity index (χ0v) is 16.1. The summed E-state index contributed by atoms with van der Waals surface area (Å²) in [5.41, 5.74) is 11.9. The molecule has 0 fully saturated rings. The van der Waals surface area contributed by atoms with Gasteiger partial charge in [0.15, 0.2) is 0 Å². The van der Waals surface area contributed by atoms with E-state index in [1.165, 1.54) is 0 Å². The lowest BCUT2D eigenvalue weighted by Gasteiger charge is -2.21. The summed E-state index contributed by atoms with van der Waals surface area (Å²) in [5.74, 6) is 0.374. The van der Waals surface area contributed by atoms with Crippen molar-refractivity contribution in [1.82, 2.24) is 25.1 Å². The number of nitrogens with two attached hydrogens (primary N) is 1. The Morgan fingerprint density at radius 2 is 2.21 bits per heavy atom. The predicted octanol–water partition coefficient (Wildman–Crippen LogP) is 3.18. The summed E-state index contributed by atoms with van der Waals surface area (Å²) in [4.78, 5) is 23.7. The molecule has 7 nitrogen and oxygen atoms in total. The van der Waals surface area contributed by atoms with E-state index in [1.54, 1.807) is 6.20 Å². The van der Waals surface area contributed by atoms with Crippen LogP contribution in [0.15, 0.2) is 36.7 Å². The van der Waals surface area contributed by atoms with Crippen LogP contribution in [0.5, 0.6) is 0 Å². The van der Waals surface area contributed by atoms with Crippen LogP contribution in [-0.2, 0) is 17.8 Å². The Morgan fingerprint density at radius 3 is 2.96 bits per heavy atom. The minimum absolute atomic E-state index is 0.106. The van der Waals surface area contributed by atoms with Crippen LogP contribution in [0.2, 0.25) is 0 Å². The second-order valence-electron chi connectivity index (χ2n) is 7.32. The first kappa shape index (κ1) is 18.2. The molecule has 3 aromatic rings. The van der Waals surface area contributed by atoms with Crippen molar-refractivity contribution in [3.05, 3.63) is 59.0 Å². The average Bonchev–Trinajstić information content (AvgIpc) is 3.30. The van der Waals surface area contributed by atoms with Gasteiger partial charge in [-0.15, -0.1) is 0 Å². The molecule has 1 aliphatic rings. The van der Waals surface area contributed by atoms with Gasteiger partial charge >= 0.3 is 0 Å². The maximum Gasteiger partial charge on any atom is 0.223 e. The topological polar surface area (TPSA) is 101 Å². The Bertz CT molecular complexity index is 998. The number of carbonyl (C=O) groups is 1. The molecule has 0 bridgehead atoms. The number of hydrogen-bond donors (Lipinski definition) is 2. The Morgan fingerprint density at radius 1 is 1.36 bits per heavy atom. The van der Waals surface area contributed by atoms with E-state index >= 15 is 0 Å². The monoisotopic (exact) mass is 376 g/mol. The molecule has 1 amide bonds. The molecule has 0 saturated carbocycles. The van der Waals surface area contributed by atoms with Gasteiger partial charge in [0.2, 0.25) is 11.9 Å². The highest BCUT2D eigenvalue weighted by Gasteiger charge is 2.34. The lowest BCUT2D eigenvalue weighted by molar-refractivity contribution is -0.133. The number of fused-ring (bicyclic) bond motifs is 1. The van der Waals surface area contributed by atoms with Crippen molar-refractivity contribution in [2.24, 2.45) is 0 Å². The van der Waals surface area contributed by atoms with Gasteiger partial charge in [0, 0.05) is 23.7 Å². The summed E-state index contributed by atoms with van der Waals surface area (Å²) in [6, 6.07) is 8.06. The summed E-state index contributed by atoms with van der Waals surface area (Å²) < 4.78 is 0. The fourth-order valence-electron chi connectivity index (χ4n) is 3.81. The molecule has 0 saturated heterocycles. The second kappa shape index (κ2) is 7.42. The largest absolute Gasteiger partial charge is 0.368 e. The van der Waals surface area contributed by atoms with Gasteiger partial charge in [-0.3, -0.25) is 9.89 Å². The van der Waals surface area contributed by atoms with Crippen molar-refractivity contribution in [2.75, 3.05) is 5.73 Å². The minimum Gasteiger partial charge on any atom is -0.368 e. The van der Waals surface area contributed by atoms with Gasteiger partial charge in [-0.25, -0.2) is 9.97 Å². The van der Waals surface area contributed by atoms with Crippen LogP contribution in [0, 0.1) is 6.92 Å². The number of rotatable bonds is 5. The number of nitrogens with zero attached hydrogens (tertiary/aromatic N) is 4. The van der Waals surface area contributed by atoms with Crippen LogP contribution in [0.25, 0.3) is 11.3 Å².